The Hall–Kier alpha value is -3.48. The molecule has 1 heterocycles. The Morgan fingerprint density at radius 2 is 1.28 bits per heavy atom. The second-order valence-corrected chi connectivity index (χ2v) is 8.94. The van der Waals surface area contributed by atoms with Crippen LogP contribution in [0.15, 0.2) is 91.0 Å². The molecule has 6 nitrogen and oxygen atoms in total. The third-order valence-electron chi connectivity index (χ3n) is 6.12. The van der Waals surface area contributed by atoms with Crippen LogP contribution in [0.5, 0.6) is 0 Å². The number of esters is 2. The van der Waals surface area contributed by atoms with E-state index in [9.17, 15) is 9.59 Å². The van der Waals surface area contributed by atoms with Crippen LogP contribution in [0.4, 0.5) is 0 Å². The summed E-state index contributed by atoms with van der Waals surface area (Å²) in [6, 6.07) is 27.9. The molecule has 1 fully saturated rings. The Kier molecular flexibility index (Phi) is 9.25. The van der Waals surface area contributed by atoms with Crippen molar-refractivity contribution in [2.75, 3.05) is 0 Å². The zero-order chi connectivity index (χ0) is 25.2. The van der Waals surface area contributed by atoms with Crippen LogP contribution in [0, 0.1) is 5.92 Å². The molecule has 1 aliphatic rings. The Morgan fingerprint density at radius 3 is 1.78 bits per heavy atom. The Bertz CT molecular complexity index is 1030. The topological polar surface area (TPSA) is 71.1 Å². The van der Waals surface area contributed by atoms with Crippen LogP contribution in [0.25, 0.3) is 0 Å². The van der Waals surface area contributed by atoms with E-state index in [1.807, 2.05) is 97.9 Å². The highest BCUT2D eigenvalue weighted by molar-refractivity contribution is 5.95. The fourth-order valence-corrected chi connectivity index (χ4v) is 4.20. The molecule has 4 rings (SSSR count). The van der Waals surface area contributed by atoms with Gasteiger partial charge in [-0.1, -0.05) is 91.0 Å². The van der Waals surface area contributed by atoms with Crippen LogP contribution in [-0.4, -0.2) is 24.3 Å². The molecule has 0 aromatic heterocycles. The van der Waals surface area contributed by atoms with Gasteiger partial charge in [-0.2, -0.15) is 0 Å². The number of hydrogen-bond acceptors (Lipinski definition) is 6. The standard InChI is InChI=1S/C30H32O6/c1-22-12-11-19-26(35-22)36-28(25-17-9-4-10-18-25)27(29(31)33-20-23-13-5-2-6-14-23)30(32)34-21-24-15-7-3-8-16-24/h2-10,13-18,22,26-28H,11-12,19-21H2,1H3/t22-,26?,28+/m0/s1. The SMILES string of the molecule is C[C@H]1CCCC(O[C@H](c2ccccc2)C(C(=O)OCc2ccccc2)C(=O)OCc2ccccc2)O1. The maximum atomic E-state index is 13.4. The number of hydrogen-bond donors (Lipinski definition) is 0. The molecular formula is C30H32O6. The van der Waals surface area contributed by atoms with Crippen molar-refractivity contribution in [3.8, 4) is 0 Å². The van der Waals surface area contributed by atoms with Gasteiger partial charge in [0.1, 0.15) is 19.3 Å². The average Bonchev–Trinajstić information content (AvgIpc) is 2.92. The molecule has 3 atom stereocenters. The summed E-state index contributed by atoms with van der Waals surface area (Å²) in [5.74, 6) is -2.72. The van der Waals surface area contributed by atoms with E-state index in [1.165, 1.54) is 0 Å². The zero-order valence-corrected chi connectivity index (χ0v) is 20.5. The minimum absolute atomic E-state index is 0.0358. The highest BCUT2D eigenvalue weighted by atomic mass is 16.7. The van der Waals surface area contributed by atoms with Gasteiger partial charge < -0.3 is 18.9 Å². The van der Waals surface area contributed by atoms with E-state index in [-0.39, 0.29) is 19.3 Å². The zero-order valence-electron chi connectivity index (χ0n) is 20.5. The van der Waals surface area contributed by atoms with E-state index in [0.717, 1.165) is 24.0 Å². The van der Waals surface area contributed by atoms with Gasteiger partial charge in [0.05, 0.1) is 6.10 Å². The van der Waals surface area contributed by atoms with Crippen molar-refractivity contribution in [3.05, 3.63) is 108 Å². The lowest BCUT2D eigenvalue weighted by Gasteiger charge is -2.33. The molecule has 3 aromatic rings. The van der Waals surface area contributed by atoms with Crippen LogP contribution < -0.4 is 0 Å². The first-order valence-electron chi connectivity index (χ1n) is 12.4. The molecule has 0 spiro atoms. The van der Waals surface area contributed by atoms with Crippen molar-refractivity contribution in [2.24, 2.45) is 5.92 Å². The molecule has 6 heteroatoms. The first kappa shape index (κ1) is 25.6. The molecule has 1 aliphatic heterocycles. The summed E-state index contributed by atoms with van der Waals surface area (Å²) in [6.45, 7) is 2.08. The van der Waals surface area contributed by atoms with Gasteiger partial charge in [-0.25, -0.2) is 0 Å². The summed E-state index contributed by atoms with van der Waals surface area (Å²) in [5, 5.41) is 0. The molecule has 188 valence electrons. The smallest absolute Gasteiger partial charge is 0.323 e. The highest BCUT2D eigenvalue weighted by Gasteiger charge is 2.41. The van der Waals surface area contributed by atoms with Gasteiger partial charge in [-0.3, -0.25) is 9.59 Å². The molecule has 0 N–H and O–H groups in total. The molecule has 36 heavy (non-hydrogen) atoms. The quantitative estimate of drug-likeness (QED) is 0.267. The van der Waals surface area contributed by atoms with Crippen molar-refractivity contribution in [3.63, 3.8) is 0 Å². The summed E-state index contributed by atoms with van der Waals surface area (Å²) >= 11 is 0. The summed E-state index contributed by atoms with van der Waals surface area (Å²) in [4.78, 5) is 26.9. The number of carbonyl (C=O) groups excluding carboxylic acids is 2. The molecule has 1 saturated heterocycles. The number of benzene rings is 3. The first-order valence-corrected chi connectivity index (χ1v) is 12.4. The maximum absolute atomic E-state index is 13.4. The predicted molar refractivity (Wildman–Crippen MR) is 134 cm³/mol. The van der Waals surface area contributed by atoms with Gasteiger partial charge in [-0.05, 0) is 42.9 Å². The fraction of sp³-hybridized carbons (Fsp3) is 0.333. The number of rotatable bonds is 10. The van der Waals surface area contributed by atoms with Crippen LogP contribution >= 0.6 is 0 Å². The summed E-state index contributed by atoms with van der Waals surface area (Å²) in [5.41, 5.74) is 2.32. The Balaban J connectivity index is 1.58. The third kappa shape index (κ3) is 7.26. The number of ether oxygens (including phenoxy) is 4. The number of carbonyl (C=O) groups is 2. The van der Waals surface area contributed by atoms with E-state index < -0.39 is 30.3 Å². The Morgan fingerprint density at radius 1 is 0.778 bits per heavy atom. The van der Waals surface area contributed by atoms with Gasteiger partial charge >= 0.3 is 11.9 Å². The predicted octanol–water partition coefficient (Wildman–Crippen LogP) is 5.76. The molecule has 0 saturated carbocycles. The van der Waals surface area contributed by atoms with Crippen LogP contribution in [-0.2, 0) is 41.8 Å². The normalized spacial score (nSPS) is 18.4. The molecule has 0 bridgehead atoms. The molecular weight excluding hydrogens is 456 g/mol. The minimum atomic E-state index is -1.32. The highest BCUT2D eigenvalue weighted by Crippen LogP contribution is 2.33. The van der Waals surface area contributed by atoms with Gasteiger partial charge in [0.2, 0.25) is 0 Å². The van der Waals surface area contributed by atoms with E-state index >= 15 is 0 Å². The van der Waals surface area contributed by atoms with Gasteiger partial charge in [0, 0.05) is 0 Å². The summed E-state index contributed by atoms with van der Waals surface area (Å²) in [7, 11) is 0. The second-order valence-electron chi connectivity index (χ2n) is 8.94. The molecule has 1 unspecified atom stereocenters. The average molecular weight is 489 g/mol. The summed E-state index contributed by atoms with van der Waals surface area (Å²) in [6.07, 6.45) is 1.14. The van der Waals surface area contributed by atoms with Gasteiger partial charge in [0.15, 0.2) is 12.2 Å². The van der Waals surface area contributed by atoms with Crippen molar-refractivity contribution in [2.45, 2.75) is 57.9 Å². The lowest BCUT2D eigenvalue weighted by molar-refractivity contribution is -0.226. The molecule has 0 amide bonds. The van der Waals surface area contributed by atoms with E-state index in [4.69, 9.17) is 18.9 Å². The lowest BCUT2D eigenvalue weighted by atomic mass is 9.95. The first-order chi connectivity index (χ1) is 17.6. The van der Waals surface area contributed by atoms with Gasteiger partial charge in [0.25, 0.3) is 0 Å². The van der Waals surface area contributed by atoms with Crippen LogP contribution in [0.1, 0.15) is 49.0 Å². The Labute approximate surface area is 212 Å². The summed E-state index contributed by atoms with van der Waals surface area (Å²) < 4.78 is 23.5. The van der Waals surface area contributed by atoms with Crippen molar-refractivity contribution in [1.82, 2.24) is 0 Å². The minimum Gasteiger partial charge on any atom is -0.460 e. The molecule has 0 radical (unpaired) electrons. The fourth-order valence-electron chi connectivity index (χ4n) is 4.20. The van der Waals surface area contributed by atoms with Crippen LogP contribution in [0.3, 0.4) is 0 Å². The van der Waals surface area contributed by atoms with E-state index in [1.54, 1.807) is 0 Å². The largest absolute Gasteiger partial charge is 0.460 e. The van der Waals surface area contributed by atoms with Gasteiger partial charge in [-0.15, -0.1) is 0 Å². The second kappa shape index (κ2) is 13.0. The van der Waals surface area contributed by atoms with Crippen LogP contribution in [0.2, 0.25) is 0 Å². The van der Waals surface area contributed by atoms with E-state index in [2.05, 4.69) is 0 Å². The van der Waals surface area contributed by atoms with Crippen molar-refractivity contribution < 1.29 is 28.5 Å². The van der Waals surface area contributed by atoms with Crippen molar-refractivity contribution >= 4 is 11.9 Å². The maximum Gasteiger partial charge on any atom is 0.323 e. The van der Waals surface area contributed by atoms with E-state index in [0.29, 0.717) is 12.0 Å². The van der Waals surface area contributed by atoms with Crippen molar-refractivity contribution in [1.29, 1.82) is 0 Å². The molecule has 0 aliphatic carbocycles. The monoisotopic (exact) mass is 488 g/mol. The lowest BCUT2D eigenvalue weighted by Crippen LogP contribution is -2.38. The third-order valence-corrected chi connectivity index (χ3v) is 6.12. The molecule has 3 aromatic carbocycles.